The lowest BCUT2D eigenvalue weighted by Gasteiger charge is -2.26. The lowest BCUT2D eigenvalue weighted by molar-refractivity contribution is -0.117. The average molecular weight is 363 g/mol. The minimum Gasteiger partial charge on any atom is -0.503 e. The van der Waals surface area contributed by atoms with Crippen LogP contribution in [0.1, 0.15) is 33.5 Å². The van der Waals surface area contributed by atoms with Crippen molar-refractivity contribution >= 4 is 17.4 Å². The highest BCUT2D eigenvalue weighted by Crippen LogP contribution is 2.43. The van der Waals surface area contributed by atoms with Crippen LogP contribution in [-0.4, -0.2) is 16.8 Å². The van der Waals surface area contributed by atoms with Gasteiger partial charge in [-0.15, -0.1) is 0 Å². The quantitative estimate of drug-likeness (QED) is 0.700. The van der Waals surface area contributed by atoms with E-state index in [0.717, 1.165) is 11.1 Å². The normalized spacial score (nSPS) is 17.0. The van der Waals surface area contributed by atoms with Gasteiger partial charge in [-0.3, -0.25) is 14.5 Å². The standard InChI is InChI=1S/C21H17NO5/c1-12-7-8-13(2)14(11-12)22-18(15-5-3-9-26-15)17(20(24)21(22)25)19(23)16-6-4-10-27-16/h3-11,18,24H,1-2H3. The maximum atomic E-state index is 13.0. The molecule has 27 heavy (non-hydrogen) atoms. The highest BCUT2D eigenvalue weighted by molar-refractivity contribution is 6.20. The van der Waals surface area contributed by atoms with Gasteiger partial charge in [0.1, 0.15) is 11.8 Å². The van der Waals surface area contributed by atoms with Gasteiger partial charge < -0.3 is 13.9 Å². The highest BCUT2D eigenvalue weighted by Gasteiger charge is 2.47. The van der Waals surface area contributed by atoms with Gasteiger partial charge in [0, 0.05) is 5.69 Å². The molecule has 0 aliphatic carbocycles. The predicted molar refractivity (Wildman–Crippen MR) is 97.5 cm³/mol. The van der Waals surface area contributed by atoms with Crippen molar-refractivity contribution in [1.82, 2.24) is 0 Å². The van der Waals surface area contributed by atoms with E-state index in [1.165, 1.54) is 23.5 Å². The topological polar surface area (TPSA) is 83.9 Å². The fraction of sp³-hybridized carbons (Fsp3) is 0.143. The second kappa shape index (κ2) is 6.32. The summed E-state index contributed by atoms with van der Waals surface area (Å²) in [6.07, 6.45) is 2.83. The second-order valence-electron chi connectivity index (χ2n) is 6.45. The third-order valence-corrected chi connectivity index (χ3v) is 4.63. The number of Topliss-reactive ketones (excluding diaryl/α,β-unsaturated/α-hetero) is 1. The molecule has 0 saturated carbocycles. The van der Waals surface area contributed by atoms with Gasteiger partial charge in [0.2, 0.25) is 5.78 Å². The first-order valence-corrected chi connectivity index (χ1v) is 8.44. The number of amides is 1. The van der Waals surface area contributed by atoms with Crippen LogP contribution in [0.3, 0.4) is 0 Å². The molecule has 0 fully saturated rings. The summed E-state index contributed by atoms with van der Waals surface area (Å²) in [4.78, 5) is 27.3. The van der Waals surface area contributed by atoms with E-state index in [9.17, 15) is 14.7 Å². The zero-order valence-electron chi connectivity index (χ0n) is 14.8. The molecule has 3 heterocycles. The number of furan rings is 2. The van der Waals surface area contributed by atoms with Crippen LogP contribution in [-0.2, 0) is 4.79 Å². The Morgan fingerprint density at radius 1 is 1.07 bits per heavy atom. The van der Waals surface area contributed by atoms with Gasteiger partial charge in [-0.2, -0.15) is 0 Å². The predicted octanol–water partition coefficient (Wildman–Crippen LogP) is 4.27. The Bertz CT molecular complexity index is 1040. The van der Waals surface area contributed by atoms with Crippen molar-refractivity contribution < 1.29 is 23.5 Å². The average Bonchev–Trinajstić information content (AvgIpc) is 3.39. The van der Waals surface area contributed by atoms with Crippen LogP contribution in [0.5, 0.6) is 0 Å². The minimum absolute atomic E-state index is 0.0451. The Morgan fingerprint density at radius 2 is 1.81 bits per heavy atom. The molecule has 3 aromatic rings. The number of aliphatic hydroxyl groups excluding tert-OH is 1. The van der Waals surface area contributed by atoms with Crippen LogP contribution < -0.4 is 4.90 Å². The Balaban J connectivity index is 1.90. The van der Waals surface area contributed by atoms with Crippen molar-refractivity contribution in [2.24, 2.45) is 0 Å². The summed E-state index contributed by atoms with van der Waals surface area (Å²) in [5, 5.41) is 10.6. The molecule has 1 N–H and O–H groups in total. The molecule has 1 unspecified atom stereocenters. The van der Waals surface area contributed by atoms with Crippen molar-refractivity contribution in [2.45, 2.75) is 19.9 Å². The SMILES string of the molecule is Cc1ccc(C)c(N2C(=O)C(O)=C(C(=O)c3ccco3)C2c2ccco2)c1. The number of rotatable bonds is 4. The van der Waals surface area contributed by atoms with Gasteiger partial charge in [0.05, 0.1) is 18.1 Å². The van der Waals surface area contributed by atoms with E-state index < -0.39 is 23.5 Å². The number of aryl methyl sites for hydroxylation is 2. The van der Waals surface area contributed by atoms with E-state index >= 15 is 0 Å². The molecule has 6 nitrogen and oxygen atoms in total. The van der Waals surface area contributed by atoms with E-state index in [1.807, 2.05) is 32.0 Å². The van der Waals surface area contributed by atoms with Crippen LogP contribution in [0, 0.1) is 13.8 Å². The lowest BCUT2D eigenvalue weighted by atomic mass is 9.99. The molecule has 1 aromatic carbocycles. The molecule has 6 heteroatoms. The second-order valence-corrected chi connectivity index (χ2v) is 6.45. The molecule has 4 rings (SSSR count). The molecule has 1 aliphatic heterocycles. The van der Waals surface area contributed by atoms with E-state index in [4.69, 9.17) is 8.83 Å². The summed E-state index contributed by atoms with van der Waals surface area (Å²) in [7, 11) is 0. The molecule has 0 bridgehead atoms. The molecule has 0 spiro atoms. The van der Waals surface area contributed by atoms with Crippen molar-refractivity contribution in [1.29, 1.82) is 0 Å². The Labute approximate surface area is 155 Å². The molecule has 1 aliphatic rings. The van der Waals surface area contributed by atoms with Gasteiger partial charge in [-0.1, -0.05) is 12.1 Å². The molecular formula is C21H17NO5. The third kappa shape index (κ3) is 2.66. The summed E-state index contributed by atoms with van der Waals surface area (Å²) in [5.74, 6) is -1.38. The summed E-state index contributed by atoms with van der Waals surface area (Å²) < 4.78 is 10.7. The van der Waals surface area contributed by atoms with Gasteiger partial charge >= 0.3 is 0 Å². The molecule has 1 atom stereocenters. The van der Waals surface area contributed by atoms with Gasteiger partial charge in [-0.25, -0.2) is 0 Å². The number of hydrogen-bond donors (Lipinski definition) is 1. The summed E-state index contributed by atoms with van der Waals surface area (Å²) in [5.41, 5.74) is 2.33. The van der Waals surface area contributed by atoms with E-state index in [-0.39, 0.29) is 11.3 Å². The third-order valence-electron chi connectivity index (χ3n) is 4.63. The van der Waals surface area contributed by atoms with Crippen molar-refractivity contribution in [2.75, 3.05) is 4.90 Å². The number of benzene rings is 1. The lowest BCUT2D eigenvalue weighted by Crippen LogP contribution is -2.31. The first-order valence-electron chi connectivity index (χ1n) is 8.44. The van der Waals surface area contributed by atoms with Crippen LogP contribution >= 0.6 is 0 Å². The van der Waals surface area contributed by atoms with Crippen molar-refractivity contribution in [3.8, 4) is 0 Å². The smallest absolute Gasteiger partial charge is 0.294 e. The Morgan fingerprint density at radius 3 is 2.48 bits per heavy atom. The van der Waals surface area contributed by atoms with Crippen LogP contribution in [0.4, 0.5) is 5.69 Å². The minimum atomic E-state index is -0.884. The first kappa shape index (κ1) is 16.9. The number of ketones is 1. The fourth-order valence-electron chi connectivity index (χ4n) is 3.32. The molecule has 1 amide bonds. The summed E-state index contributed by atoms with van der Waals surface area (Å²) in [6.45, 7) is 3.78. The number of nitrogens with zero attached hydrogens (tertiary/aromatic N) is 1. The number of hydrogen-bond acceptors (Lipinski definition) is 5. The maximum absolute atomic E-state index is 13.0. The molecule has 0 radical (unpaired) electrons. The monoisotopic (exact) mass is 363 g/mol. The van der Waals surface area contributed by atoms with Crippen molar-refractivity contribution in [3.05, 3.63) is 89.0 Å². The van der Waals surface area contributed by atoms with Crippen molar-refractivity contribution in [3.63, 3.8) is 0 Å². The maximum Gasteiger partial charge on any atom is 0.294 e. The molecule has 2 aromatic heterocycles. The van der Waals surface area contributed by atoms with Gasteiger partial charge in [0.25, 0.3) is 5.91 Å². The zero-order chi connectivity index (χ0) is 19.1. The number of anilines is 1. The number of aliphatic hydroxyl groups is 1. The number of carbonyl (C=O) groups is 2. The highest BCUT2D eigenvalue weighted by atomic mass is 16.3. The largest absolute Gasteiger partial charge is 0.503 e. The van der Waals surface area contributed by atoms with Gasteiger partial charge in [0.15, 0.2) is 11.5 Å². The summed E-state index contributed by atoms with van der Waals surface area (Å²) in [6, 6.07) is 11.2. The fourth-order valence-corrected chi connectivity index (χ4v) is 3.32. The summed E-state index contributed by atoms with van der Waals surface area (Å²) >= 11 is 0. The Hall–Kier alpha value is -3.54. The molecular weight excluding hydrogens is 346 g/mol. The number of carbonyl (C=O) groups excluding carboxylic acids is 2. The van der Waals surface area contributed by atoms with E-state index in [1.54, 1.807) is 18.2 Å². The van der Waals surface area contributed by atoms with E-state index in [0.29, 0.717) is 11.4 Å². The van der Waals surface area contributed by atoms with E-state index in [2.05, 4.69) is 0 Å². The first-order chi connectivity index (χ1) is 13.0. The van der Waals surface area contributed by atoms with Crippen LogP contribution in [0.2, 0.25) is 0 Å². The Kier molecular flexibility index (Phi) is 3.96. The zero-order valence-corrected chi connectivity index (χ0v) is 14.8. The van der Waals surface area contributed by atoms with Crippen LogP contribution in [0.25, 0.3) is 0 Å². The van der Waals surface area contributed by atoms with Crippen LogP contribution in [0.15, 0.2) is 75.2 Å². The van der Waals surface area contributed by atoms with Gasteiger partial charge in [-0.05, 0) is 55.3 Å². The molecule has 0 saturated heterocycles. The molecule has 136 valence electrons.